The van der Waals surface area contributed by atoms with Crippen LogP contribution in [0.25, 0.3) is 104 Å². The van der Waals surface area contributed by atoms with Gasteiger partial charge < -0.3 is 13.7 Å². The van der Waals surface area contributed by atoms with Crippen molar-refractivity contribution in [2.45, 2.75) is 0 Å². The van der Waals surface area contributed by atoms with Gasteiger partial charge in [-0.05, 0) is 65.0 Å². The number of hydrogen-bond acceptors (Lipinski definition) is 0. The Labute approximate surface area is 317 Å². The molecule has 0 saturated carbocycles. The summed E-state index contributed by atoms with van der Waals surface area (Å²) in [5.41, 5.74) is 13.1. The fraction of sp³-hybridized carbons (Fsp3) is 0. The van der Waals surface area contributed by atoms with Gasteiger partial charge in [0.05, 0.1) is 38.8 Å². The van der Waals surface area contributed by atoms with Crippen molar-refractivity contribution in [3.8, 4) is 28.2 Å². The van der Waals surface area contributed by atoms with Crippen LogP contribution in [0.3, 0.4) is 0 Å². The van der Waals surface area contributed by atoms with E-state index >= 15 is 0 Å². The summed E-state index contributed by atoms with van der Waals surface area (Å²) in [6.07, 6.45) is 0. The maximum absolute atomic E-state index is 2.51. The quantitative estimate of drug-likeness (QED) is 0.174. The van der Waals surface area contributed by atoms with E-state index in [9.17, 15) is 0 Å². The van der Waals surface area contributed by atoms with Crippen LogP contribution in [0.15, 0.2) is 200 Å². The summed E-state index contributed by atoms with van der Waals surface area (Å²) >= 11 is 0. The second-order valence-electron chi connectivity index (χ2n) is 14.5. The maximum atomic E-state index is 2.51. The molecule has 9 aromatic carbocycles. The smallest absolute Gasteiger partial charge is 0.0788 e. The van der Waals surface area contributed by atoms with Crippen LogP contribution >= 0.6 is 0 Å². The first-order valence-electron chi connectivity index (χ1n) is 18.9. The number of hydrogen-bond donors (Lipinski definition) is 0. The van der Waals surface area contributed by atoms with Crippen molar-refractivity contribution in [3.05, 3.63) is 200 Å². The largest absolute Gasteiger partial charge is 0.309 e. The molecule has 3 heterocycles. The highest BCUT2D eigenvalue weighted by Crippen LogP contribution is 2.43. The van der Waals surface area contributed by atoms with Crippen LogP contribution in [0.1, 0.15) is 0 Å². The third-order valence-corrected chi connectivity index (χ3v) is 11.6. The first kappa shape index (κ1) is 30.1. The Balaban J connectivity index is 1.19. The van der Waals surface area contributed by atoms with Crippen molar-refractivity contribution >= 4 is 76.2 Å². The molecule has 55 heavy (non-hydrogen) atoms. The van der Waals surface area contributed by atoms with Gasteiger partial charge >= 0.3 is 0 Å². The fourth-order valence-corrected chi connectivity index (χ4v) is 9.23. The lowest BCUT2D eigenvalue weighted by atomic mass is 10.1. The highest BCUT2D eigenvalue weighted by Gasteiger charge is 2.22. The molecule has 12 rings (SSSR count). The Morgan fingerprint density at radius 2 is 0.709 bits per heavy atom. The van der Waals surface area contributed by atoms with Crippen LogP contribution in [0, 0.1) is 0 Å². The molecular formula is C52H33N3. The Morgan fingerprint density at radius 1 is 0.255 bits per heavy atom. The first-order chi connectivity index (χ1) is 27.3. The second-order valence-corrected chi connectivity index (χ2v) is 14.5. The zero-order valence-electron chi connectivity index (χ0n) is 29.9. The van der Waals surface area contributed by atoms with Crippen LogP contribution in [0.4, 0.5) is 0 Å². The zero-order valence-corrected chi connectivity index (χ0v) is 29.9. The molecule has 0 unspecified atom stereocenters. The third-order valence-electron chi connectivity index (χ3n) is 11.6. The van der Waals surface area contributed by atoms with E-state index in [-0.39, 0.29) is 0 Å². The molecule has 0 N–H and O–H groups in total. The van der Waals surface area contributed by atoms with Crippen LogP contribution < -0.4 is 0 Å². The molecule has 0 atom stereocenters. The minimum absolute atomic E-state index is 1.13. The van der Waals surface area contributed by atoms with Crippen LogP contribution in [0.2, 0.25) is 0 Å². The van der Waals surface area contributed by atoms with Gasteiger partial charge in [0.15, 0.2) is 0 Å². The molecule has 0 spiro atoms. The van der Waals surface area contributed by atoms with E-state index in [1.807, 2.05) is 0 Å². The molecule has 0 fully saturated rings. The van der Waals surface area contributed by atoms with E-state index in [4.69, 9.17) is 0 Å². The van der Waals surface area contributed by atoms with Crippen molar-refractivity contribution in [3.63, 3.8) is 0 Å². The predicted octanol–water partition coefficient (Wildman–Crippen LogP) is 13.8. The van der Waals surface area contributed by atoms with Crippen molar-refractivity contribution in [2.75, 3.05) is 0 Å². The highest BCUT2D eigenvalue weighted by atomic mass is 15.1. The van der Waals surface area contributed by atoms with Crippen molar-refractivity contribution in [2.24, 2.45) is 0 Å². The Bertz CT molecular complexity index is 3460. The SMILES string of the molecule is c1ccc(-c2ccc(-n3c4ccccc4c4ccc5c6ccccc6n(-c6ccc7c8ccccc8n(-c8cccc9ccccc89)c7c6)c5c43)cc2)cc1. The van der Waals surface area contributed by atoms with Gasteiger partial charge in [-0.1, -0.05) is 152 Å². The first-order valence-corrected chi connectivity index (χ1v) is 18.9. The van der Waals surface area contributed by atoms with Gasteiger partial charge in [-0.2, -0.15) is 0 Å². The lowest BCUT2D eigenvalue weighted by molar-refractivity contribution is 1.14. The highest BCUT2D eigenvalue weighted by molar-refractivity contribution is 6.24. The number of rotatable bonds is 4. The normalized spacial score (nSPS) is 12.0. The number of nitrogens with zero attached hydrogens (tertiary/aromatic N) is 3. The van der Waals surface area contributed by atoms with Gasteiger partial charge in [0.2, 0.25) is 0 Å². The molecule has 3 heteroatoms. The van der Waals surface area contributed by atoms with Gasteiger partial charge in [0.25, 0.3) is 0 Å². The number of para-hydroxylation sites is 3. The van der Waals surface area contributed by atoms with E-state index in [2.05, 4.69) is 214 Å². The van der Waals surface area contributed by atoms with Crippen molar-refractivity contribution in [1.29, 1.82) is 0 Å². The standard InChI is InChI=1S/C52H33N3/c1-2-13-34(14-3-1)35-25-27-37(28-26-35)53-47-21-9-7-19-41(47)44-31-32-45-42-20-8-10-22-48(42)54(52(45)51(44)53)38-29-30-43-40-18-6-11-23-49(40)55(50(43)33-38)46-24-12-16-36-15-4-5-17-39(36)46/h1-33H. The monoisotopic (exact) mass is 699 g/mol. The molecule has 12 aromatic rings. The van der Waals surface area contributed by atoms with Gasteiger partial charge in [-0.25, -0.2) is 0 Å². The molecule has 256 valence electrons. The van der Waals surface area contributed by atoms with Gasteiger partial charge in [-0.15, -0.1) is 0 Å². The maximum Gasteiger partial charge on any atom is 0.0788 e. The predicted molar refractivity (Wildman–Crippen MR) is 232 cm³/mol. The zero-order chi connectivity index (χ0) is 36.0. The number of fused-ring (bicyclic) bond motifs is 11. The second kappa shape index (κ2) is 11.6. The lowest BCUT2D eigenvalue weighted by Gasteiger charge is -2.15. The van der Waals surface area contributed by atoms with Crippen molar-refractivity contribution < 1.29 is 0 Å². The molecule has 0 saturated heterocycles. The fourth-order valence-electron chi connectivity index (χ4n) is 9.23. The molecule has 3 nitrogen and oxygen atoms in total. The Hall–Kier alpha value is -7.36. The van der Waals surface area contributed by atoms with E-state index in [0.29, 0.717) is 0 Å². The average Bonchev–Trinajstić information content (AvgIpc) is 3.89. The molecule has 0 aliphatic heterocycles. The van der Waals surface area contributed by atoms with E-state index in [0.717, 1.165) is 11.4 Å². The summed E-state index contributed by atoms with van der Waals surface area (Å²) < 4.78 is 7.44. The Kier molecular flexibility index (Phi) is 6.34. The molecule has 0 amide bonds. The van der Waals surface area contributed by atoms with E-state index < -0.39 is 0 Å². The van der Waals surface area contributed by atoms with Gasteiger partial charge in [-0.3, -0.25) is 0 Å². The molecular weight excluding hydrogens is 667 g/mol. The lowest BCUT2D eigenvalue weighted by Crippen LogP contribution is -2.00. The summed E-state index contributed by atoms with van der Waals surface area (Å²) in [6, 6.07) is 73.2. The topological polar surface area (TPSA) is 14.8 Å². The molecule has 0 bridgehead atoms. The summed E-state index contributed by atoms with van der Waals surface area (Å²) in [7, 11) is 0. The summed E-state index contributed by atoms with van der Waals surface area (Å²) in [5.74, 6) is 0. The summed E-state index contributed by atoms with van der Waals surface area (Å²) in [5, 5.41) is 9.93. The summed E-state index contributed by atoms with van der Waals surface area (Å²) in [4.78, 5) is 0. The van der Waals surface area contributed by atoms with Crippen molar-refractivity contribution in [1.82, 2.24) is 13.7 Å². The van der Waals surface area contributed by atoms with Gasteiger partial charge in [0, 0.05) is 49.1 Å². The Morgan fingerprint density at radius 3 is 1.38 bits per heavy atom. The number of aromatic nitrogens is 3. The molecule has 0 aliphatic carbocycles. The number of benzene rings is 9. The van der Waals surface area contributed by atoms with Gasteiger partial charge in [0.1, 0.15) is 0 Å². The average molecular weight is 700 g/mol. The minimum Gasteiger partial charge on any atom is -0.309 e. The third kappa shape index (κ3) is 4.32. The van der Waals surface area contributed by atoms with Crippen LogP contribution in [-0.2, 0) is 0 Å². The van der Waals surface area contributed by atoms with E-state index in [1.165, 1.54) is 93.0 Å². The van der Waals surface area contributed by atoms with Crippen LogP contribution in [0.5, 0.6) is 0 Å². The summed E-state index contributed by atoms with van der Waals surface area (Å²) in [6.45, 7) is 0. The van der Waals surface area contributed by atoms with E-state index in [1.54, 1.807) is 0 Å². The molecule has 0 aliphatic rings. The minimum atomic E-state index is 1.13. The molecule has 3 aromatic heterocycles. The molecule has 0 radical (unpaired) electrons. The van der Waals surface area contributed by atoms with Crippen LogP contribution in [-0.4, -0.2) is 13.7 Å².